The predicted molar refractivity (Wildman–Crippen MR) is 180 cm³/mol. The first-order valence-corrected chi connectivity index (χ1v) is 18.6. The molecule has 220 valence electrons. The summed E-state index contributed by atoms with van der Waals surface area (Å²) in [5.41, 5.74) is 3.85. The van der Waals surface area contributed by atoms with Crippen molar-refractivity contribution in [2.45, 2.75) is 81.1 Å². The highest BCUT2D eigenvalue weighted by Gasteiger charge is 2.24. The van der Waals surface area contributed by atoms with E-state index in [1.54, 1.807) is 6.20 Å². The second-order valence-corrected chi connectivity index (χ2v) is 10.0. The maximum atomic E-state index is 13.0. The average molecular weight is 671 g/mol. The maximum Gasteiger partial charge on any atom is 0.253 e. The lowest BCUT2D eigenvalue weighted by molar-refractivity contribution is 0.0943. The van der Waals surface area contributed by atoms with Crippen molar-refractivity contribution in [3.63, 3.8) is 0 Å². The number of aromatic nitrogens is 1. The summed E-state index contributed by atoms with van der Waals surface area (Å²) < 4.78 is 11.3. The Bertz CT molecular complexity index is 950. The number of benzene rings is 1. The fourth-order valence-corrected chi connectivity index (χ4v) is 5.34. The summed E-state index contributed by atoms with van der Waals surface area (Å²) in [4.78, 5) is 16.1. The lowest BCUT2D eigenvalue weighted by atomic mass is 9.78. The SMILES string of the molecule is C/C=C\C(=C/C)C1CCC(CNC(=O)c2c[nH]cc2-c2ccccc2OCCOPI)CC1.CC.CC.CC. The molecule has 1 amide bonds. The molecular formula is C32H52IN2O3P. The molecule has 1 aromatic heterocycles. The minimum absolute atomic E-state index is 0.0410. The van der Waals surface area contributed by atoms with E-state index in [2.05, 4.69) is 64.4 Å². The van der Waals surface area contributed by atoms with Gasteiger partial charge in [-0.3, -0.25) is 4.79 Å². The van der Waals surface area contributed by atoms with Crippen molar-refractivity contribution in [3.05, 3.63) is 66.0 Å². The van der Waals surface area contributed by atoms with Crippen LogP contribution < -0.4 is 10.1 Å². The Morgan fingerprint density at radius 1 is 1.00 bits per heavy atom. The van der Waals surface area contributed by atoms with Crippen molar-refractivity contribution in [1.82, 2.24) is 10.3 Å². The fraction of sp³-hybridized carbons (Fsp3) is 0.531. The number of hydrogen-bond donors (Lipinski definition) is 2. The molecule has 0 bridgehead atoms. The molecular weight excluding hydrogens is 618 g/mol. The van der Waals surface area contributed by atoms with Crippen LogP contribution in [0.25, 0.3) is 11.1 Å². The molecule has 1 atom stereocenters. The zero-order valence-corrected chi connectivity index (χ0v) is 28.6. The Kier molecular flexibility index (Phi) is 23.2. The number of aromatic amines is 1. The maximum absolute atomic E-state index is 13.0. The van der Waals surface area contributed by atoms with Gasteiger partial charge in [0.15, 0.2) is 0 Å². The molecule has 39 heavy (non-hydrogen) atoms. The van der Waals surface area contributed by atoms with E-state index in [9.17, 15) is 4.79 Å². The normalized spacial score (nSPS) is 16.9. The van der Waals surface area contributed by atoms with E-state index in [1.807, 2.05) is 72.0 Å². The minimum Gasteiger partial charge on any atom is -0.491 e. The van der Waals surface area contributed by atoms with Crippen LogP contribution in [-0.4, -0.2) is 30.6 Å². The Balaban J connectivity index is 0.00000225. The molecule has 5 nitrogen and oxygen atoms in total. The molecule has 1 aliphatic carbocycles. The van der Waals surface area contributed by atoms with Crippen LogP contribution in [0, 0.1) is 11.8 Å². The van der Waals surface area contributed by atoms with E-state index < -0.39 is 0 Å². The van der Waals surface area contributed by atoms with Crippen molar-refractivity contribution in [3.8, 4) is 16.9 Å². The second kappa shape index (κ2) is 24.2. The third kappa shape index (κ3) is 13.1. The van der Waals surface area contributed by atoms with Crippen LogP contribution in [0.4, 0.5) is 0 Å². The molecule has 1 saturated carbocycles. The summed E-state index contributed by atoms with van der Waals surface area (Å²) in [6.45, 7) is 18.4. The molecule has 3 rings (SSSR count). The zero-order chi connectivity index (χ0) is 29.5. The van der Waals surface area contributed by atoms with Gasteiger partial charge in [0.05, 0.1) is 18.6 Å². The number of nitrogens with one attached hydrogen (secondary N) is 2. The summed E-state index contributed by atoms with van der Waals surface area (Å²) in [6.07, 6.45) is 14.9. The number of ether oxygens (including phenoxy) is 1. The largest absolute Gasteiger partial charge is 0.491 e. The minimum atomic E-state index is -0.0410. The first-order chi connectivity index (χ1) is 19.2. The Labute approximate surface area is 253 Å². The van der Waals surface area contributed by atoms with E-state index in [-0.39, 0.29) is 5.91 Å². The number of amides is 1. The topological polar surface area (TPSA) is 63.4 Å². The van der Waals surface area contributed by atoms with Crippen LogP contribution in [0.5, 0.6) is 5.75 Å². The van der Waals surface area contributed by atoms with E-state index in [0.29, 0.717) is 37.1 Å². The molecule has 1 fully saturated rings. The van der Waals surface area contributed by atoms with Crippen LogP contribution in [0.2, 0.25) is 0 Å². The van der Waals surface area contributed by atoms with Gasteiger partial charge in [-0.05, 0) is 85.0 Å². The summed E-state index contributed by atoms with van der Waals surface area (Å²) in [7, 11) is 0. The van der Waals surface area contributed by atoms with Gasteiger partial charge < -0.3 is 19.6 Å². The number of carbonyl (C=O) groups excluding carboxylic acids is 1. The fourth-order valence-electron chi connectivity index (χ4n) is 4.51. The van der Waals surface area contributed by atoms with Crippen molar-refractivity contribution < 1.29 is 14.1 Å². The quantitative estimate of drug-likeness (QED) is 0.108. The van der Waals surface area contributed by atoms with Crippen molar-refractivity contribution in [1.29, 1.82) is 0 Å². The third-order valence-electron chi connectivity index (χ3n) is 6.23. The number of hydrogen-bond acceptors (Lipinski definition) is 3. The van der Waals surface area contributed by atoms with E-state index in [4.69, 9.17) is 9.26 Å². The van der Waals surface area contributed by atoms with Gasteiger partial charge in [0, 0.05) is 30.1 Å². The monoisotopic (exact) mass is 670 g/mol. The lowest BCUT2D eigenvalue weighted by Crippen LogP contribution is -2.31. The number of halogens is 1. The zero-order valence-electron chi connectivity index (χ0n) is 25.4. The highest BCUT2D eigenvalue weighted by Crippen LogP contribution is 2.35. The molecule has 1 aliphatic rings. The predicted octanol–water partition coefficient (Wildman–Crippen LogP) is 10.2. The van der Waals surface area contributed by atoms with Gasteiger partial charge in [0.1, 0.15) is 12.4 Å². The molecule has 7 heteroatoms. The summed E-state index contributed by atoms with van der Waals surface area (Å²) in [6, 6.07) is 7.82. The van der Waals surface area contributed by atoms with E-state index >= 15 is 0 Å². The molecule has 1 unspecified atom stereocenters. The van der Waals surface area contributed by atoms with Gasteiger partial charge >= 0.3 is 0 Å². The van der Waals surface area contributed by atoms with Crippen molar-refractivity contribution in [2.75, 3.05) is 19.8 Å². The molecule has 1 heterocycles. The van der Waals surface area contributed by atoms with Crippen LogP contribution in [0.15, 0.2) is 60.5 Å². The van der Waals surface area contributed by atoms with Gasteiger partial charge in [0.25, 0.3) is 5.91 Å². The van der Waals surface area contributed by atoms with Gasteiger partial charge in [0.2, 0.25) is 0 Å². The number of rotatable bonds is 11. The summed E-state index contributed by atoms with van der Waals surface area (Å²) >= 11 is 2.20. The smallest absolute Gasteiger partial charge is 0.253 e. The number of carbonyl (C=O) groups is 1. The molecule has 0 aliphatic heterocycles. The van der Waals surface area contributed by atoms with Crippen LogP contribution in [0.1, 0.15) is 91.4 Å². The van der Waals surface area contributed by atoms with Gasteiger partial charge in [-0.15, -0.1) is 0 Å². The van der Waals surface area contributed by atoms with E-state index in [0.717, 1.165) is 36.3 Å². The van der Waals surface area contributed by atoms with Crippen molar-refractivity contribution >= 4 is 34.4 Å². The van der Waals surface area contributed by atoms with Gasteiger partial charge in [-0.25, -0.2) is 0 Å². The summed E-state index contributed by atoms with van der Waals surface area (Å²) in [5, 5.41) is 3.18. The van der Waals surface area contributed by atoms with Crippen molar-refractivity contribution in [2.24, 2.45) is 11.8 Å². The first-order valence-electron chi connectivity index (χ1n) is 14.6. The van der Waals surface area contributed by atoms with Crippen LogP contribution in [-0.2, 0) is 4.52 Å². The second-order valence-electron chi connectivity index (χ2n) is 8.27. The highest BCUT2D eigenvalue weighted by atomic mass is 127. The molecule has 1 aromatic carbocycles. The van der Waals surface area contributed by atoms with E-state index in [1.165, 1.54) is 18.4 Å². The highest BCUT2D eigenvalue weighted by molar-refractivity contribution is 14.2. The first kappa shape index (κ1) is 37.4. The number of H-pyrrole nitrogens is 1. The van der Waals surface area contributed by atoms with Crippen LogP contribution >= 0.6 is 28.5 Å². The molecule has 2 aromatic rings. The Hall–Kier alpha value is -1.63. The summed E-state index contributed by atoms with van der Waals surface area (Å²) in [5.74, 6) is 1.89. The Morgan fingerprint density at radius 3 is 2.28 bits per heavy atom. The number of allylic oxidation sites excluding steroid dienone is 4. The molecule has 2 N–H and O–H groups in total. The van der Waals surface area contributed by atoms with Gasteiger partial charge in [-0.2, -0.15) is 0 Å². The molecule has 0 spiro atoms. The third-order valence-corrected chi connectivity index (χ3v) is 7.47. The Morgan fingerprint density at radius 2 is 1.67 bits per heavy atom. The molecule has 0 radical (unpaired) electrons. The lowest BCUT2D eigenvalue weighted by Gasteiger charge is -2.29. The average Bonchev–Trinajstić information content (AvgIpc) is 3.50. The number of para-hydroxylation sites is 1. The molecule has 0 saturated heterocycles. The van der Waals surface area contributed by atoms with Crippen LogP contribution in [0.3, 0.4) is 0 Å². The standard InChI is InChI=1S/C26H34IN2O3P.3C2H6/c1-3-7-20(4-2)21-12-10-19(11-13-21)16-29-26(30)24-18-28-17-23(24)22-8-5-6-9-25(22)31-14-15-32-33-27;3*1-2/h3-9,17-19,21,28,33H,10-16H2,1-2H3,(H,29,30);3*1-2H3/b7-3-,20-4+;;;. The van der Waals surface area contributed by atoms with Gasteiger partial charge in [-0.1, -0.05) is 78.0 Å².